The molecule has 20 heavy (non-hydrogen) atoms. The van der Waals surface area contributed by atoms with Crippen molar-refractivity contribution in [2.45, 2.75) is 66.0 Å². The summed E-state index contributed by atoms with van der Waals surface area (Å²) in [7, 11) is 1.41. The molecule has 0 unspecified atom stereocenters. The molecule has 0 bridgehead atoms. The molecule has 0 N–H and O–H groups in total. The summed E-state index contributed by atoms with van der Waals surface area (Å²) in [5.74, 6) is 0. The molecule has 0 spiro atoms. The smallest absolute Gasteiger partial charge is 0.168 e. The molecule has 0 radical (unpaired) electrons. The molecule has 0 heterocycles. The molecular formula is C14H34N4Si2. The van der Waals surface area contributed by atoms with Gasteiger partial charge in [0, 0.05) is 14.1 Å². The first-order valence-electron chi connectivity index (χ1n) is 7.50. The van der Waals surface area contributed by atoms with Gasteiger partial charge >= 0.3 is 0 Å². The van der Waals surface area contributed by atoms with Crippen LogP contribution in [-0.4, -0.2) is 51.3 Å². The minimum absolute atomic E-state index is 0.990. The molecule has 0 aliphatic carbocycles. The van der Waals surface area contributed by atoms with Crippen LogP contribution >= 0.6 is 0 Å². The number of hydrogen-bond donors (Lipinski definition) is 0. The average Bonchev–Trinajstić information content (AvgIpc) is 2.25. The van der Waals surface area contributed by atoms with Gasteiger partial charge in [0.2, 0.25) is 0 Å². The predicted molar refractivity (Wildman–Crippen MR) is 97.7 cm³/mol. The van der Waals surface area contributed by atoms with Gasteiger partial charge in [-0.3, -0.25) is 0 Å². The maximum Gasteiger partial charge on any atom is 0.168 e. The summed E-state index contributed by atoms with van der Waals surface area (Å²) in [6.07, 6.45) is 2.09. The molecule has 4 nitrogen and oxygen atoms in total. The second kappa shape index (κ2) is 7.40. The van der Waals surface area contributed by atoms with E-state index in [9.17, 15) is 0 Å². The fourth-order valence-corrected chi connectivity index (χ4v) is 2.17. The zero-order valence-electron chi connectivity index (χ0n) is 15.2. The summed E-state index contributed by atoms with van der Waals surface area (Å²) in [5, 5.41) is 9.61. The molecule has 0 atom stereocenters. The molecule has 0 aromatic heterocycles. The average molecular weight is 315 g/mol. The number of hydrazone groups is 2. The highest BCUT2D eigenvalue weighted by atomic mass is 28.3. The van der Waals surface area contributed by atoms with Gasteiger partial charge in [0.1, 0.15) is 0 Å². The van der Waals surface area contributed by atoms with Gasteiger partial charge in [-0.25, -0.2) is 0 Å². The van der Waals surface area contributed by atoms with E-state index in [0.29, 0.717) is 0 Å². The summed E-state index contributed by atoms with van der Waals surface area (Å²) in [6, 6.07) is 0. The first-order chi connectivity index (χ1) is 8.89. The van der Waals surface area contributed by atoms with Crippen molar-refractivity contribution >= 4 is 27.9 Å². The van der Waals surface area contributed by atoms with E-state index < -0.39 is 16.5 Å². The lowest BCUT2D eigenvalue weighted by atomic mass is 10.1. The zero-order valence-corrected chi connectivity index (χ0v) is 17.2. The van der Waals surface area contributed by atoms with E-state index in [1.165, 1.54) is 0 Å². The lowest BCUT2D eigenvalue weighted by molar-refractivity contribution is 0.541. The molecular weight excluding hydrogens is 280 g/mol. The van der Waals surface area contributed by atoms with E-state index in [0.717, 1.165) is 24.3 Å². The van der Waals surface area contributed by atoms with Crippen molar-refractivity contribution in [3.8, 4) is 0 Å². The molecule has 0 amide bonds. The summed E-state index contributed by atoms with van der Waals surface area (Å²) < 4.78 is 4.33. The zero-order chi connectivity index (χ0) is 16.1. The molecule has 0 aliphatic rings. The molecule has 118 valence electrons. The Morgan fingerprint density at radius 2 is 1.25 bits per heavy atom. The normalized spacial score (nSPS) is 14.5. The molecule has 6 heteroatoms. The highest BCUT2D eigenvalue weighted by molar-refractivity contribution is 6.73. The van der Waals surface area contributed by atoms with Crippen molar-refractivity contribution in [1.82, 2.24) is 9.35 Å². The third-order valence-electron chi connectivity index (χ3n) is 3.42. The lowest BCUT2D eigenvalue weighted by Gasteiger charge is -2.30. The lowest BCUT2D eigenvalue weighted by Crippen LogP contribution is -2.42. The van der Waals surface area contributed by atoms with Gasteiger partial charge in [0.15, 0.2) is 16.5 Å². The van der Waals surface area contributed by atoms with E-state index in [1.54, 1.807) is 0 Å². The largest absolute Gasteiger partial charge is 0.327 e. The SMILES string of the molecule is CCCC(=N\N(C)[Si](C)(C)C)/C(C)=N/N(C)[Si](C)(C)C. The molecule has 0 saturated heterocycles. The Labute approximate surface area is 128 Å². The Morgan fingerprint density at radius 3 is 1.60 bits per heavy atom. The monoisotopic (exact) mass is 314 g/mol. The van der Waals surface area contributed by atoms with Gasteiger partial charge in [-0.15, -0.1) is 0 Å². The Kier molecular flexibility index (Phi) is 7.17. The maximum absolute atomic E-state index is 4.84. The minimum atomic E-state index is -1.39. The van der Waals surface area contributed by atoms with Crippen LogP contribution in [-0.2, 0) is 0 Å². The van der Waals surface area contributed by atoms with E-state index in [2.05, 4.69) is 76.6 Å². The fourth-order valence-electron chi connectivity index (χ4n) is 1.30. The van der Waals surface area contributed by atoms with Crippen molar-refractivity contribution in [3.63, 3.8) is 0 Å². The third kappa shape index (κ3) is 6.70. The Morgan fingerprint density at radius 1 is 0.850 bits per heavy atom. The Balaban J connectivity index is 5.29. The first-order valence-corrected chi connectivity index (χ1v) is 14.4. The van der Waals surface area contributed by atoms with Crippen LogP contribution in [0.4, 0.5) is 0 Å². The second-order valence-corrected chi connectivity index (χ2v) is 17.3. The molecule has 0 aromatic carbocycles. The first kappa shape index (κ1) is 19.4. The van der Waals surface area contributed by atoms with E-state index >= 15 is 0 Å². The Bertz CT molecular complexity index is 364. The summed E-state index contributed by atoms with van der Waals surface area (Å²) in [5.41, 5.74) is 2.18. The predicted octanol–water partition coefficient (Wildman–Crippen LogP) is 4.05. The molecule has 0 aliphatic heterocycles. The number of nitrogens with zero attached hydrogens (tertiary/aromatic N) is 4. The van der Waals surface area contributed by atoms with Crippen LogP contribution in [0.15, 0.2) is 10.2 Å². The molecule has 0 saturated carbocycles. The van der Waals surface area contributed by atoms with Crippen molar-refractivity contribution in [2.75, 3.05) is 14.1 Å². The van der Waals surface area contributed by atoms with Crippen LogP contribution in [0.1, 0.15) is 26.7 Å². The highest BCUT2D eigenvalue weighted by Crippen LogP contribution is 2.11. The maximum atomic E-state index is 4.84. The minimum Gasteiger partial charge on any atom is -0.327 e. The number of hydrogen-bond acceptors (Lipinski definition) is 4. The summed E-state index contributed by atoms with van der Waals surface area (Å²) in [6.45, 7) is 18.1. The Hall–Kier alpha value is -0.626. The van der Waals surface area contributed by atoms with Gasteiger partial charge in [0.05, 0.1) is 11.4 Å². The van der Waals surface area contributed by atoms with Gasteiger partial charge < -0.3 is 9.35 Å². The standard InChI is InChI=1S/C14H34N4Si2/c1-11-12-14(16-18(4)20(8,9)10)13(2)15-17(3)19(5,6)7/h11-12H2,1-10H3/b15-13+,16-14+. The summed E-state index contributed by atoms with van der Waals surface area (Å²) >= 11 is 0. The number of rotatable bonds is 7. The van der Waals surface area contributed by atoms with Gasteiger partial charge in [-0.1, -0.05) is 52.6 Å². The van der Waals surface area contributed by atoms with Crippen LogP contribution in [0.5, 0.6) is 0 Å². The fraction of sp³-hybridized carbons (Fsp3) is 0.857. The van der Waals surface area contributed by atoms with E-state index in [-0.39, 0.29) is 0 Å². The molecule has 0 aromatic rings. The van der Waals surface area contributed by atoms with Crippen LogP contribution in [0.3, 0.4) is 0 Å². The highest BCUT2D eigenvalue weighted by Gasteiger charge is 2.22. The van der Waals surface area contributed by atoms with Gasteiger partial charge in [-0.2, -0.15) is 10.2 Å². The van der Waals surface area contributed by atoms with Gasteiger partial charge in [-0.05, 0) is 13.3 Å². The van der Waals surface area contributed by atoms with E-state index in [4.69, 9.17) is 10.2 Å². The van der Waals surface area contributed by atoms with Crippen LogP contribution in [0.25, 0.3) is 0 Å². The topological polar surface area (TPSA) is 31.2 Å². The van der Waals surface area contributed by atoms with Crippen LogP contribution in [0, 0.1) is 0 Å². The molecule has 0 fully saturated rings. The van der Waals surface area contributed by atoms with E-state index in [1.807, 2.05) is 0 Å². The van der Waals surface area contributed by atoms with Gasteiger partial charge in [0.25, 0.3) is 0 Å². The summed E-state index contributed by atoms with van der Waals surface area (Å²) in [4.78, 5) is 0. The molecule has 0 rings (SSSR count). The van der Waals surface area contributed by atoms with Crippen molar-refractivity contribution in [1.29, 1.82) is 0 Å². The van der Waals surface area contributed by atoms with Crippen molar-refractivity contribution in [3.05, 3.63) is 0 Å². The quantitative estimate of drug-likeness (QED) is 0.403. The van der Waals surface area contributed by atoms with Crippen molar-refractivity contribution < 1.29 is 0 Å². The van der Waals surface area contributed by atoms with Crippen molar-refractivity contribution in [2.24, 2.45) is 10.2 Å². The second-order valence-electron chi connectivity index (χ2n) is 7.37. The third-order valence-corrected chi connectivity index (χ3v) is 7.50. The van der Waals surface area contributed by atoms with Crippen LogP contribution < -0.4 is 0 Å². The van der Waals surface area contributed by atoms with Crippen LogP contribution in [0.2, 0.25) is 39.3 Å².